The van der Waals surface area contributed by atoms with E-state index in [0.717, 1.165) is 18.5 Å². The lowest BCUT2D eigenvalue weighted by Gasteiger charge is -2.33. The largest absolute Gasteiger partial charge is 0.314 e. The molecule has 0 radical (unpaired) electrons. The van der Waals surface area contributed by atoms with Gasteiger partial charge in [0, 0.05) is 31.0 Å². The number of nitrogens with one attached hydrogen (secondary N) is 2. The number of aryl methyl sites for hydroxylation is 1. The fourth-order valence-corrected chi connectivity index (χ4v) is 3.89. The van der Waals surface area contributed by atoms with Crippen molar-refractivity contribution in [1.29, 1.82) is 0 Å². The van der Waals surface area contributed by atoms with E-state index >= 15 is 0 Å². The molecule has 2 N–H and O–H groups in total. The molecular formula is C17H27N3. The highest BCUT2D eigenvalue weighted by atomic mass is 15.0. The normalized spacial score (nSPS) is 30.6. The van der Waals surface area contributed by atoms with Crippen molar-refractivity contribution in [2.75, 3.05) is 6.54 Å². The van der Waals surface area contributed by atoms with E-state index in [4.69, 9.17) is 0 Å². The molecule has 3 heteroatoms. The lowest BCUT2D eigenvalue weighted by atomic mass is 9.88. The number of pyridine rings is 1. The van der Waals surface area contributed by atoms with E-state index in [1.807, 2.05) is 12.4 Å². The summed E-state index contributed by atoms with van der Waals surface area (Å²) < 4.78 is 0. The topological polar surface area (TPSA) is 37.0 Å². The van der Waals surface area contributed by atoms with Crippen molar-refractivity contribution < 1.29 is 0 Å². The quantitative estimate of drug-likeness (QED) is 0.886. The fraction of sp³-hybridized carbons (Fsp3) is 0.706. The van der Waals surface area contributed by atoms with Crippen LogP contribution in [0.3, 0.4) is 0 Å². The molecule has 1 aliphatic heterocycles. The smallest absolute Gasteiger partial charge is 0.0315 e. The molecule has 2 aliphatic rings. The number of hydrogen-bond donors (Lipinski definition) is 2. The van der Waals surface area contributed by atoms with Crippen LogP contribution in [0.4, 0.5) is 0 Å². The van der Waals surface area contributed by atoms with Crippen molar-refractivity contribution >= 4 is 0 Å². The van der Waals surface area contributed by atoms with Crippen LogP contribution in [0, 0.1) is 12.8 Å². The predicted molar refractivity (Wildman–Crippen MR) is 82.6 cm³/mol. The first-order valence-corrected chi connectivity index (χ1v) is 8.21. The van der Waals surface area contributed by atoms with Gasteiger partial charge >= 0.3 is 0 Å². The van der Waals surface area contributed by atoms with Gasteiger partial charge in [-0.1, -0.05) is 12.8 Å². The lowest BCUT2D eigenvalue weighted by Crippen LogP contribution is -2.46. The molecule has 3 rings (SSSR count). The fourth-order valence-electron chi connectivity index (χ4n) is 3.89. The Morgan fingerprint density at radius 3 is 3.00 bits per heavy atom. The second-order valence-electron chi connectivity index (χ2n) is 6.44. The lowest BCUT2D eigenvalue weighted by molar-refractivity contribution is 0.256. The van der Waals surface area contributed by atoms with Crippen LogP contribution in [0.1, 0.15) is 49.7 Å². The van der Waals surface area contributed by atoms with Crippen molar-refractivity contribution in [3.05, 3.63) is 29.6 Å². The van der Waals surface area contributed by atoms with Crippen LogP contribution in [0.15, 0.2) is 18.5 Å². The molecule has 1 aromatic rings. The minimum absolute atomic E-state index is 0.685. The Morgan fingerprint density at radius 1 is 1.25 bits per heavy atom. The van der Waals surface area contributed by atoms with Gasteiger partial charge in [-0.3, -0.25) is 4.98 Å². The average molecular weight is 273 g/mol. The highest BCUT2D eigenvalue weighted by molar-refractivity contribution is 5.21. The maximum Gasteiger partial charge on any atom is 0.0315 e. The Morgan fingerprint density at radius 2 is 2.20 bits per heavy atom. The zero-order valence-electron chi connectivity index (χ0n) is 12.6. The van der Waals surface area contributed by atoms with Crippen LogP contribution in [0.5, 0.6) is 0 Å². The van der Waals surface area contributed by atoms with E-state index < -0.39 is 0 Å². The third-order valence-corrected chi connectivity index (χ3v) is 5.14. The SMILES string of the molecule is Cc1ccncc1CNC1CCCC1C1CCCCN1. The van der Waals surface area contributed by atoms with Gasteiger partial charge in [0.1, 0.15) is 0 Å². The number of piperidine rings is 1. The van der Waals surface area contributed by atoms with Crippen LogP contribution in [0.25, 0.3) is 0 Å². The first kappa shape index (κ1) is 14.0. The zero-order valence-corrected chi connectivity index (χ0v) is 12.6. The monoisotopic (exact) mass is 273 g/mol. The van der Waals surface area contributed by atoms with Gasteiger partial charge < -0.3 is 10.6 Å². The van der Waals surface area contributed by atoms with E-state index in [1.54, 1.807) is 0 Å². The van der Waals surface area contributed by atoms with Crippen LogP contribution < -0.4 is 10.6 Å². The van der Waals surface area contributed by atoms with Crippen molar-refractivity contribution in [3.63, 3.8) is 0 Å². The molecule has 1 aliphatic carbocycles. The van der Waals surface area contributed by atoms with E-state index in [2.05, 4.69) is 28.6 Å². The van der Waals surface area contributed by atoms with Gasteiger partial charge in [-0.25, -0.2) is 0 Å². The minimum Gasteiger partial charge on any atom is -0.314 e. The minimum atomic E-state index is 0.685. The third-order valence-electron chi connectivity index (χ3n) is 5.14. The van der Waals surface area contributed by atoms with Crippen molar-refractivity contribution in [2.24, 2.45) is 5.92 Å². The van der Waals surface area contributed by atoms with E-state index in [9.17, 15) is 0 Å². The van der Waals surface area contributed by atoms with Gasteiger partial charge in [-0.15, -0.1) is 0 Å². The van der Waals surface area contributed by atoms with Crippen LogP contribution in [-0.2, 0) is 6.54 Å². The average Bonchev–Trinajstić information content (AvgIpc) is 2.96. The summed E-state index contributed by atoms with van der Waals surface area (Å²) in [5.41, 5.74) is 2.69. The molecule has 1 saturated carbocycles. The molecule has 2 fully saturated rings. The van der Waals surface area contributed by atoms with Gasteiger partial charge in [0.2, 0.25) is 0 Å². The first-order valence-electron chi connectivity index (χ1n) is 8.21. The summed E-state index contributed by atoms with van der Waals surface area (Å²) >= 11 is 0. The summed E-state index contributed by atoms with van der Waals surface area (Å²) in [6.07, 6.45) is 12.1. The van der Waals surface area contributed by atoms with Crippen LogP contribution >= 0.6 is 0 Å². The van der Waals surface area contributed by atoms with Crippen molar-refractivity contribution in [2.45, 2.75) is 64.1 Å². The third kappa shape index (κ3) is 3.21. The molecule has 3 atom stereocenters. The Hall–Kier alpha value is -0.930. The summed E-state index contributed by atoms with van der Waals surface area (Å²) in [6, 6.07) is 3.54. The summed E-state index contributed by atoms with van der Waals surface area (Å²) in [6.45, 7) is 4.36. The number of rotatable bonds is 4. The zero-order chi connectivity index (χ0) is 13.8. The van der Waals surface area contributed by atoms with E-state index in [1.165, 1.54) is 56.2 Å². The Balaban J connectivity index is 1.57. The number of hydrogen-bond acceptors (Lipinski definition) is 3. The molecule has 0 bridgehead atoms. The summed E-state index contributed by atoms with van der Waals surface area (Å²) in [5.74, 6) is 0.826. The number of nitrogens with zero attached hydrogens (tertiary/aromatic N) is 1. The van der Waals surface area contributed by atoms with Gasteiger partial charge in [0.15, 0.2) is 0 Å². The molecule has 2 heterocycles. The Kier molecular flexibility index (Phi) is 4.69. The highest BCUT2D eigenvalue weighted by Crippen LogP contribution is 2.32. The molecule has 3 nitrogen and oxygen atoms in total. The maximum atomic E-state index is 4.25. The maximum absolute atomic E-state index is 4.25. The summed E-state index contributed by atoms with van der Waals surface area (Å²) in [7, 11) is 0. The van der Waals surface area contributed by atoms with E-state index in [0.29, 0.717) is 6.04 Å². The van der Waals surface area contributed by atoms with E-state index in [-0.39, 0.29) is 0 Å². The molecule has 0 amide bonds. The Labute approximate surface area is 122 Å². The molecule has 20 heavy (non-hydrogen) atoms. The summed E-state index contributed by atoms with van der Waals surface area (Å²) in [4.78, 5) is 4.25. The molecule has 1 aromatic heterocycles. The van der Waals surface area contributed by atoms with Gasteiger partial charge in [0.25, 0.3) is 0 Å². The van der Waals surface area contributed by atoms with Gasteiger partial charge in [0.05, 0.1) is 0 Å². The van der Waals surface area contributed by atoms with Gasteiger partial charge in [-0.05, 0) is 62.3 Å². The molecule has 0 spiro atoms. The summed E-state index contributed by atoms with van der Waals surface area (Å²) in [5, 5.41) is 7.55. The highest BCUT2D eigenvalue weighted by Gasteiger charge is 2.33. The second-order valence-corrected chi connectivity index (χ2v) is 6.44. The molecular weight excluding hydrogens is 246 g/mol. The molecule has 110 valence electrons. The van der Waals surface area contributed by atoms with Crippen molar-refractivity contribution in [3.8, 4) is 0 Å². The number of aromatic nitrogens is 1. The van der Waals surface area contributed by atoms with Crippen LogP contribution in [0.2, 0.25) is 0 Å². The molecule has 1 saturated heterocycles. The molecule has 0 aromatic carbocycles. The van der Waals surface area contributed by atoms with Crippen molar-refractivity contribution in [1.82, 2.24) is 15.6 Å². The molecule has 3 unspecified atom stereocenters. The standard InChI is InChI=1S/C17H27N3/c1-13-8-10-18-11-14(13)12-20-17-7-4-5-15(17)16-6-2-3-9-19-16/h8,10-11,15-17,19-20H,2-7,9,12H2,1H3. The van der Waals surface area contributed by atoms with Crippen LogP contribution in [-0.4, -0.2) is 23.6 Å². The second kappa shape index (κ2) is 6.68. The van der Waals surface area contributed by atoms with Gasteiger partial charge in [-0.2, -0.15) is 0 Å². The predicted octanol–water partition coefficient (Wildman–Crippen LogP) is 2.79. The Bertz CT molecular complexity index is 426. The first-order chi connectivity index (χ1) is 9.84.